The number of hydrogen-bond acceptors (Lipinski definition) is 3. The minimum atomic E-state index is -0.189. The van der Waals surface area contributed by atoms with E-state index in [1.807, 2.05) is 45.2 Å². The van der Waals surface area contributed by atoms with Crippen LogP contribution >= 0.6 is 24.0 Å². The molecule has 1 aliphatic rings. The van der Waals surface area contributed by atoms with Crippen molar-refractivity contribution in [2.75, 3.05) is 39.2 Å². The Balaban J connectivity index is 0.00000364. The number of guanidine groups is 1. The van der Waals surface area contributed by atoms with Gasteiger partial charge >= 0.3 is 6.03 Å². The van der Waals surface area contributed by atoms with Gasteiger partial charge in [-0.2, -0.15) is 0 Å². The molecule has 1 atom stereocenters. The lowest BCUT2D eigenvalue weighted by atomic mass is 10.1. The number of methoxy groups -OCH3 is 1. The fourth-order valence-corrected chi connectivity index (χ4v) is 3.05. The van der Waals surface area contributed by atoms with Gasteiger partial charge in [0.1, 0.15) is 0 Å². The largest absolute Gasteiger partial charge is 0.384 e. The first-order valence-corrected chi connectivity index (χ1v) is 9.12. The van der Waals surface area contributed by atoms with Gasteiger partial charge < -0.3 is 25.6 Å². The highest BCUT2D eigenvalue weighted by molar-refractivity contribution is 14.0. The molecule has 7 nitrogen and oxygen atoms in total. The smallest absolute Gasteiger partial charge is 0.319 e. The van der Waals surface area contributed by atoms with Crippen LogP contribution in [0.5, 0.6) is 0 Å². The summed E-state index contributed by atoms with van der Waals surface area (Å²) in [4.78, 5) is 18.4. The van der Waals surface area contributed by atoms with Crippen LogP contribution in [0.4, 0.5) is 10.5 Å². The number of likely N-dealkylation sites (tertiary alicyclic amines) is 1. The molecule has 0 spiro atoms. The average molecular weight is 489 g/mol. The van der Waals surface area contributed by atoms with E-state index in [0.717, 1.165) is 43.3 Å². The van der Waals surface area contributed by atoms with Crippen LogP contribution in [0.25, 0.3) is 0 Å². The molecule has 2 rings (SSSR count). The summed E-state index contributed by atoms with van der Waals surface area (Å²) in [5.41, 5.74) is 1.91. The van der Waals surface area contributed by atoms with Gasteiger partial charge in [0.05, 0.1) is 6.61 Å². The third-order valence-electron chi connectivity index (χ3n) is 4.28. The number of ether oxygens (including phenoxy) is 1. The summed E-state index contributed by atoms with van der Waals surface area (Å²) in [5, 5.41) is 9.04. The minimum absolute atomic E-state index is 0. The third-order valence-corrected chi connectivity index (χ3v) is 4.28. The van der Waals surface area contributed by atoms with Crippen molar-refractivity contribution in [3.05, 3.63) is 29.8 Å². The molecule has 27 heavy (non-hydrogen) atoms. The number of rotatable bonds is 6. The van der Waals surface area contributed by atoms with Crippen molar-refractivity contribution in [2.24, 2.45) is 10.9 Å². The molecule has 1 fully saturated rings. The Kier molecular flexibility index (Phi) is 10.5. The fourth-order valence-electron chi connectivity index (χ4n) is 3.05. The zero-order chi connectivity index (χ0) is 18.9. The van der Waals surface area contributed by atoms with E-state index in [4.69, 9.17) is 4.74 Å². The van der Waals surface area contributed by atoms with E-state index >= 15 is 0 Å². The number of carbonyl (C=O) groups excluding carboxylic acids is 1. The third kappa shape index (κ3) is 7.92. The lowest BCUT2D eigenvalue weighted by molar-refractivity contribution is 0.157. The lowest BCUT2D eigenvalue weighted by Crippen LogP contribution is -2.39. The number of nitrogens with one attached hydrogen (secondary N) is 3. The zero-order valence-corrected chi connectivity index (χ0v) is 18.9. The monoisotopic (exact) mass is 489 g/mol. The Morgan fingerprint density at radius 1 is 1.33 bits per heavy atom. The number of aliphatic imine (C=N–C) groups is 1. The van der Waals surface area contributed by atoms with Crippen LogP contribution in [-0.2, 0) is 11.3 Å². The van der Waals surface area contributed by atoms with E-state index in [9.17, 15) is 4.79 Å². The first-order valence-electron chi connectivity index (χ1n) is 9.12. The predicted molar refractivity (Wildman–Crippen MR) is 121 cm³/mol. The van der Waals surface area contributed by atoms with Gasteiger partial charge in [-0.1, -0.05) is 12.1 Å². The topological polar surface area (TPSA) is 78.0 Å². The summed E-state index contributed by atoms with van der Waals surface area (Å²) in [6.45, 7) is 7.32. The Morgan fingerprint density at radius 2 is 2.04 bits per heavy atom. The van der Waals surface area contributed by atoms with Crippen LogP contribution in [0, 0.1) is 5.92 Å². The molecule has 0 aromatic heterocycles. The van der Waals surface area contributed by atoms with Gasteiger partial charge in [0.15, 0.2) is 5.96 Å². The van der Waals surface area contributed by atoms with Gasteiger partial charge in [-0.3, -0.25) is 4.99 Å². The Morgan fingerprint density at radius 3 is 2.63 bits per heavy atom. The molecule has 8 heteroatoms. The molecule has 1 aromatic rings. The summed E-state index contributed by atoms with van der Waals surface area (Å²) in [6.07, 6.45) is 1.13. The molecule has 1 aliphatic heterocycles. The second kappa shape index (κ2) is 12.0. The molecule has 0 radical (unpaired) electrons. The number of halogens is 1. The standard InChI is InChI=1S/C19H31N5O2.HI/c1-14(2)22-19(25)23-17-7-5-15(6-8-17)11-21-18(20-3)24-10-9-16(12-24)13-26-4;/h5-8,14,16H,9-13H2,1-4H3,(H,20,21)(H2,22,23,25);1H. The zero-order valence-electron chi connectivity index (χ0n) is 16.6. The molecule has 152 valence electrons. The first-order chi connectivity index (χ1) is 12.5. The van der Waals surface area contributed by atoms with E-state index in [1.54, 1.807) is 7.11 Å². The Labute approximate surface area is 179 Å². The Bertz CT molecular complexity index is 607. The number of carbonyl (C=O) groups is 1. The van der Waals surface area contributed by atoms with Crippen LogP contribution in [0.3, 0.4) is 0 Å². The van der Waals surface area contributed by atoms with Crippen molar-refractivity contribution in [2.45, 2.75) is 32.9 Å². The minimum Gasteiger partial charge on any atom is -0.384 e. The quantitative estimate of drug-likeness (QED) is 0.326. The molecule has 2 amide bonds. The van der Waals surface area contributed by atoms with Crippen molar-refractivity contribution in [1.29, 1.82) is 0 Å². The maximum absolute atomic E-state index is 11.7. The molecule has 0 aliphatic carbocycles. The van der Waals surface area contributed by atoms with Crippen molar-refractivity contribution in [3.63, 3.8) is 0 Å². The summed E-state index contributed by atoms with van der Waals surface area (Å²) < 4.78 is 5.26. The van der Waals surface area contributed by atoms with Crippen LogP contribution in [0.15, 0.2) is 29.3 Å². The van der Waals surface area contributed by atoms with E-state index < -0.39 is 0 Å². The van der Waals surface area contributed by atoms with Crippen molar-refractivity contribution in [1.82, 2.24) is 15.5 Å². The van der Waals surface area contributed by atoms with Crippen molar-refractivity contribution >= 4 is 41.7 Å². The van der Waals surface area contributed by atoms with Crippen LogP contribution in [0.2, 0.25) is 0 Å². The Hall–Kier alpha value is -1.55. The second-order valence-corrected chi connectivity index (χ2v) is 6.91. The average Bonchev–Trinajstić information content (AvgIpc) is 3.05. The number of nitrogens with zero attached hydrogens (tertiary/aromatic N) is 2. The molecule has 0 bridgehead atoms. The van der Waals surface area contributed by atoms with Crippen LogP contribution in [0.1, 0.15) is 25.8 Å². The van der Waals surface area contributed by atoms with E-state index in [0.29, 0.717) is 12.5 Å². The first kappa shape index (κ1) is 23.5. The van der Waals surface area contributed by atoms with E-state index in [2.05, 4.69) is 25.8 Å². The summed E-state index contributed by atoms with van der Waals surface area (Å²) in [5.74, 6) is 1.49. The normalized spacial score (nSPS) is 16.9. The number of urea groups is 1. The van der Waals surface area contributed by atoms with Gasteiger partial charge in [0.2, 0.25) is 0 Å². The van der Waals surface area contributed by atoms with Gasteiger partial charge in [-0.05, 0) is 38.0 Å². The fraction of sp³-hybridized carbons (Fsp3) is 0.579. The van der Waals surface area contributed by atoms with Crippen LogP contribution in [-0.4, -0.2) is 56.8 Å². The molecule has 1 saturated heterocycles. The van der Waals surface area contributed by atoms with Gasteiger partial charge in [-0.15, -0.1) is 24.0 Å². The van der Waals surface area contributed by atoms with Gasteiger partial charge in [0, 0.05) is 51.4 Å². The predicted octanol–water partition coefficient (Wildman–Crippen LogP) is 2.88. The highest BCUT2D eigenvalue weighted by Crippen LogP contribution is 2.16. The number of anilines is 1. The highest BCUT2D eigenvalue weighted by atomic mass is 127. The maximum Gasteiger partial charge on any atom is 0.319 e. The maximum atomic E-state index is 11.7. The summed E-state index contributed by atoms with van der Waals surface area (Å²) in [7, 11) is 3.56. The van der Waals surface area contributed by atoms with Crippen molar-refractivity contribution < 1.29 is 9.53 Å². The van der Waals surface area contributed by atoms with E-state index in [-0.39, 0.29) is 36.0 Å². The number of benzene rings is 1. The van der Waals surface area contributed by atoms with E-state index in [1.165, 1.54) is 0 Å². The molecular weight excluding hydrogens is 457 g/mol. The SMILES string of the molecule is CN=C(NCc1ccc(NC(=O)NC(C)C)cc1)N1CCC(COC)C1.I. The summed E-state index contributed by atoms with van der Waals surface area (Å²) in [6, 6.07) is 7.74. The molecule has 1 aromatic carbocycles. The number of hydrogen-bond donors (Lipinski definition) is 3. The highest BCUT2D eigenvalue weighted by Gasteiger charge is 2.24. The number of amides is 2. The molecule has 1 unspecified atom stereocenters. The summed E-state index contributed by atoms with van der Waals surface area (Å²) >= 11 is 0. The second-order valence-electron chi connectivity index (χ2n) is 6.91. The molecule has 3 N–H and O–H groups in total. The molecule has 0 saturated carbocycles. The molecular formula is C19H32IN5O2. The van der Waals surface area contributed by atoms with Gasteiger partial charge in [0.25, 0.3) is 0 Å². The van der Waals surface area contributed by atoms with Crippen molar-refractivity contribution in [3.8, 4) is 0 Å². The lowest BCUT2D eigenvalue weighted by Gasteiger charge is -2.21. The molecule has 1 heterocycles. The van der Waals surface area contributed by atoms with Gasteiger partial charge in [-0.25, -0.2) is 4.79 Å². The van der Waals surface area contributed by atoms with Crippen LogP contribution < -0.4 is 16.0 Å².